The molecule has 2 amide bonds. The molecule has 3 aromatic rings. The van der Waals surface area contributed by atoms with E-state index in [1.165, 1.54) is 0 Å². The summed E-state index contributed by atoms with van der Waals surface area (Å²) in [5, 5.41) is 7.95. The first-order chi connectivity index (χ1) is 16.0. The Morgan fingerprint density at radius 2 is 1.85 bits per heavy atom. The van der Waals surface area contributed by atoms with Crippen LogP contribution in [0.3, 0.4) is 0 Å². The standard InChI is InChI=1S/C25H27ClN4O3/c1-4-5-6-15-30-16(2)21(22(27-25(30)31)17-9-13-20(32-3)14-10-17)24-28-23(29-33-24)18-7-11-19(26)12-8-18/h7-14,22H,4-6,15H2,1-3H3,(H,27,31). The molecule has 0 saturated carbocycles. The molecule has 2 aromatic carbocycles. The van der Waals surface area contributed by atoms with Crippen LogP contribution in [0.25, 0.3) is 17.0 Å². The number of halogens is 1. The molecule has 0 fully saturated rings. The summed E-state index contributed by atoms with van der Waals surface area (Å²) in [6.45, 7) is 4.70. The highest BCUT2D eigenvalue weighted by atomic mass is 35.5. The lowest BCUT2D eigenvalue weighted by Crippen LogP contribution is -2.46. The number of carbonyl (C=O) groups is 1. The van der Waals surface area contributed by atoms with Crippen LogP contribution in [0.4, 0.5) is 4.79 Å². The molecule has 1 atom stereocenters. The van der Waals surface area contributed by atoms with E-state index in [4.69, 9.17) is 20.9 Å². The Bertz CT molecular complexity index is 1140. The maximum absolute atomic E-state index is 13.0. The number of aromatic nitrogens is 2. The topological polar surface area (TPSA) is 80.5 Å². The van der Waals surface area contributed by atoms with Crippen molar-refractivity contribution in [3.63, 3.8) is 0 Å². The Balaban J connectivity index is 1.75. The number of hydrogen-bond acceptors (Lipinski definition) is 5. The van der Waals surface area contributed by atoms with Gasteiger partial charge in [-0.1, -0.05) is 48.7 Å². The molecule has 0 aliphatic carbocycles. The first kappa shape index (κ1) is 22.9. The van der Waals surface area contributed by atoms with Gasteiger partial charge in [0.2, 0.25) is 5.82 Å². The second kappa shape index (κ2) is 10.1. The Morgan fingerprint density at radius 3 is 2.52 bits per heavy atom. The van der Waals surface area contributed by atoms with E-state index in [-0.39, 0.29) is 6.03 Å². The Labute approximate surface area is 198 Å². The normalized spacial score (nSPS) is 16.2. The fraction of sp³-hybridized carbons (Fsp3) is 0.320. The molecule has 1 aromatic heterocycles. The number of allylic oxidation sites excluding steroid dienone is 1. The van der Waals surface area contributed by atoms with Crippen LogP contribution >= 0.6 is 11.6 Å². The molecule has 0 saturated heterocycles. The summed E-state index contributed by atoms with van der Waals surface area (Å²) in [7, 11) is 1.62. The summed E-state index contributed by atoms with van der Waals surface area (Å²) in [5.74, 6) is 1.58. The molecule has 7 nitrogen and oxygen atoms in total. The zero-order valence-electron chi connectivity index (χ0n) is 19.0. The van der Waals surface area contributed by atoms with Crippen molar-refractivity contribution in [2.75, 3.05) is 13.7 Å². The summed E-state index contributed by atoms with van der Waals surface area (Å²) in [6.07, 6.45) is 3.05. The van der Waals surface area contributed by atoms with Crippen LogP contribution in [0, 0.1) is 0 Å². The number of amides is 2. The van der Waals surface area contributed by atoms with Crippen LogP contribution in [-0.4, -0.2) is 34.7 Å². The van der Waals surface area contributed by atoms with E-state index in [2.05, 4.69) is 22.4 Å². The van der Waals surface area contributed by atoms with Crippen LogP contribution in [0.15, 0.2) is 58.8 Å². The van der Waals surface area contributed by atoms with Crippen LogP contribution in [-0.2, 0) is 0 Å². The molecular formula is C25H27ClN4O3. The smallest absolute Gasteiger partial charge is 0.322 e. The van der Waals surface area contributed by atoms with E-state index >= 15 is 0 Å². The van der Waals surface area contributed by atoms with Gasteiger partial charge in [0.1, 0.15) is 5.75 Å². The quantitative estimate of drug-likeness (QED) is 0.406. The number of unbranched alkanes of at least 4 members (excludes halogenated alkanes) is 2. The van der Waals surface area contributed by atoms with Crippen LogP contribution in [0.1, 0.15) is 50.6 Å². The molecular weight excluding hydrogens is 440 g/mol. The molecule has 1 aliphatic rings. The lowest BCUT2D eigenvalue weighted by atomic mass is 9.94. The highest BCUT2D eigenvalue weighted by Gasteiger charge is 2.35. The van der Waals surface area contributed by atoms with Gasteiger partial charge in [0.05, 0.1) is 18.7 Å². The van der Waals surface area contributed by atoms with E-state index in [0.717, 1.165) is 47.4 Å². The van der Waals surface area contributed by atoms with E-state index in [1.807, 2.05) is 43.3 Å². The van der Waals surface area contributed by atoms with Crippen LogP contribution in [0.5, 0.6) is 5.75 Å². The molecule has 8 heteroatoms. The summed E-state index contributed by atoms with van der Waals surface area (Å²) < 4.78 is 11.0. The number of urea groups is 1. The second-order valence-electron chi connectivity index (χ2n) is 7.94. The van der Waals surface area contributed by atoms with Crippen molar-refractivity contribution in [3.05, 3.63) is 70.7 Å². The third-order valence-electron chi connectivity index (χ3n) is 5.79. The minimum absolute atomic E-state index is 0.134. The molecule has 0 bridgehead atoms. The number of carbonyl (C=O) groups excluding carboxylic acids is 1. The predicted octanol–water partition coefficient (Wildman–Crippen LogP) is 6.09. The number of nitrogens with zero attached hydrogens (tertiary/aromatic N) is 3. The molecule has 2 heterocycles. The molecule has 1 aliphatic heterocycles. The van der Waals surface area contributed by atoms with E-state index in [9.17, 15) is 4.79 Å². The van der Waals surface area contributed by atoms with Gasteiger partial charge >= 0.3 is 6.03 Å². The van der Waals surface area contributed by atoms with Gasteiger partial charge in [0, 0.05) is 22.8 Å². The predicted molar refractivity (Wildman–Crippen MR) is 128 cm³/mol. The highest BCUT2D eigenvalue weighted by molar-refractivity contribution is 6.30. The average molecular weight is 467 g/mol. The third-order valence-corrected chi connectivity index (χ3v) is 6.04. The maximum Gasteiger partial charge on any atom is 0.322 e. The van der Waals surface area contributed by atoms with Crippen molar-refractivity contribution >= 4 is 23.2 Å². The van der Waals surface area contributed by atoms with Gasteiger partial charge in [0.15, 0.2) is 0 Å². The Morgan fingerprint density at radius 1 is 1.12 bits per heavy atom. The number of methoxy groups -OCH3 is 1. The fourth-order valence-electron chi connectivity index (χ4n) is 3.94. The van der Waals surface area contributed by atoms with Crippen molar-refractivity contribution in [2.24, 2.45) is 0 Å². The monoisotopic (exact) mass is 466 g/mol. The van der Waals surface area contributed by atoms with Gasteiger partial charge in [-0.25, -0.2) is 4.79 Å². The van der Waals surface area contributed by atoms with Gasteiger partial charge in [-0.15, -0.1) is 0 Å². The fourth-order valence-corrected chi connectivity index (χ4v) is 4.07. The molecule has 4 rings (SSSR count). The van der Waals surface area contributed by atoms with Gasteiger partial charge in [-0.3, -0.25) is 4.90 Å². The molecule has 1 N–H and O–H groups in total. The first-order valence-corrected chi connectivity index (χ1v) is 11.4. The van der Waals surface area contributed by atoms with Gasteiger partial charge in [0.25, 0.3) is 5.89 Å². The van der Waals surface area contributed by atoms with Crippen molar-refractivity contribution in [3.8, 4) is 17.1 Å². The molecule has 33 heavy (non-hydrogen) atoms. The maximum atomic E-state index is 13.0. The number of ether oxygens (including phenoxy) is 1. The molecule has 1 unspecified atom stereocenters. The zero-order valence-corrected chi connectivity index (χ0v) is 19.7. The Hall–Kier alpha value is -3.32. The number of rotatable bonds is 8. The van der Waals surface area contributed by atoms with E-state index < -0.39 is 6.04 Å². The van der Waals surface area contributed by atoms with Crippen LogP contribution in [0.2, 0.25) is 5.02 Å². The van der Waals surface area contributed by atoms with E-state index in [1.54, 1.807) is 24.1 Å². The van der Waals surface area contributed by atoms with Crippen LogP contribution < -0.4 is 10.1 Å². The van der Waals surface area contributed by atoms with Crippen molar-refractivity contribution in [1.29, 1.82) is 0 Å². The molecule has 172 valence electrons. The largest absolute Gasteiger partial charge is 0.497 e. The second-order valence-corrected chi connectivity index (χ2v) is 8.38. The lowest BCUT2D eigenvalue weighted by Gasteiger charge is -2.35. The summed E-state index contributed by atoms with van der Waals surface area (Å²) >= 11 is 6.01. The summed E-state index contributed by atoms with van der Waals surface area (Å²) in [5.41, 5.74) is 3.29. The third kappa shape index (κ3) is 4.88. The average Bonchev–Trinajstić information content (AvgIpc) is 3.31. The number of hydrogen-bond donors (Lipinski definition) is 1. The van der Waals surface area contributed by atoms with Crippen molar-refractivity contribution < 1.29 is 14.1 Å². The highest BCUT2D eigenvalue weighted by Crippen LogP contribution is 2.38. The number of benzene rings is 2. The Kier molecular flexibility index (Phi) is 6.99. The summed E-state index contributed by atoms with van der Waals surface area (Å²) in [4.78, 5) is 19.4. The molecule has 0 radical (unpaired) electrons. The summed E-state index contributed by atoms with van der Waals surface area (Å²) in [6, 6.07) is 14.3. The number of nitrogens with one attached hydrogen (secondary N) is 1. The van der Waals surface area contributed by atoms with Gasteiger partial charge in [-0.05, 0) is 55.3 Å². The lowest BCUT2D eigenvalue weighted by molar-refractivity contribution is 0.204. The van der Waals surface area contributed by atoms with Gasteiger partial charge < -0.3 is 14.6 Å². The zero-order chi connectivity index (χ0) is 23.4. The first-order valence-electron chi connectivity index (χ1n) is 11.0. The van der Waals surface area contributed by atoms with Crippen molar-refractivity contribution in [1.82, 2.24) is 20.4 Å². The molecule has 0 spiro atoms. The SMILES string of the molecule is CCCCCN1C(=O)NC(c2ccc(OC)cc2)C(c2nc(-c3ccc(Cl)cc3)no2)=C1C. The van der Waals surface area contributed by atoms with Crippen molar-refractivity contribution in [2.45, 2.75) is 39.2 Å². The minimum atomic E-state index is -0.427. The van der Waals surface area contributed by atoms with E-state index in [0.29, 0.717) is 23.3 Å². The van der Waals surface area contributed by atoms with Gasteiger partial charge in [-0.2, -0.15) is 4.98 Å². The minimum Gasteiger partial charge on any atom is -0.497 e.